The van der Waals surface area contributed by atoms with Gasteiger partial charge in [0.05, 0.1) is 6.04 Å². The van der Waals surface area contributed by atoms with Crippen molar-refractivity contribution in [2.24, 2.45) is 23.3 Å². The summed E-state index contributed by atoms with van der Waals surface area (Å²) in [5, 5.41) is 25.4. The lowest BCUT2D eigenvalue weighted by Crippen LogP contribution is -2.59. The molecule has 0 aliphatic heterocycles. The number of hydrogen-bond acceptors (Lipinski definition) is 7. The molecule has 0 saturated carbocycles. The molecule has 0 aliphatic rings. The van der Waals surface area contributed by atoms with Gasteiger partial charge < -0.3 is 37.6 Å². The highest BCUT2D eigenvalue weighted by Gasteiger charge is 2.33. The zero-order chi connectivity index (χ0) is 26.6. The van der Waals surface area contributed by atoms with E-state index in [0.717, 1.165) is 0 Å². The van der Waals surface area contributed by atoms with Gasteiger partial charge >= 0.3 is 11.9 Å². The molecule has 13 nitrogen and oxygen atoms in total. The molecule has 0 saturated heterocycles. The van der Waals surface area contributed by atoms with E-state index in [2.05, 4.69) is 16.0 Å². The lowest BCUT2D eigenvalue weighted by atomic mass is 9.95. The van der Waals surface area contributed by atoms with E-state index in [-0.39, 0.29) is 31.6 Å². The van der Waals surface area contributed by atoms with Crippen LogP contribution in [0.25, 0.3) is 0 Å². The standard InChI is InChI=1S/C21H37N5O8/c1-5-11(4)17(26-18(30)12(22)6-9-15(28)29)20(32)25-16(10(2)3)19(31)24-13(21(33)34)7-8-14(23)27/h10-13,16-17H,5-9,22H2,1-4H3,(H2,23,27)(H,24,31)(H,25,32)(H,26,30)(H,28,29)(H,33,34). The maximum Gasteiger partial charge on any atom is 0.326 e. The lowest BCUT2D eigenvalue weighted by molar-refractivity contribution is -0.143. The number of hydrogen-bond donors (Lipinski definition) is 7. The molecule has 194 valence electrons. The minimum atomic E-state index is -1.38. The molecule has 4 amide bonds. The Morgan fingerprint density at radius 2 is 1.32 bits per heavy atom. The Labute approximate surface area is 198 Å². The minimum Gasteiger partial charge on any atom is -0.481 e. The second-order valence-corrected chi connectivity index (χ2v) is 8.55. The van der Waals surface area contributed by atoms with E-state index in [4.69, 9.17) is 16.6 Å². The van der Waals surface area contributed by atoms with Gasteiger partial charge in [-0.1, -0.05) is 34.1 Å². The maximum absolute atomic E-state index is 13.0. The molecule has 9 N–H and O–H groups in total. The van der Waals surface area contributed by atoms with E-state index in [1.54, 1.807) is 27.7 Å². The third-order valence-corrected chi connectivity index (χ3v) is 5.34. The highest BCUT2D eigenvalue weighted by molar-refractivity contribution is 5.94. The highest BCUT2D eigenvalue weighted by Crippen LogP contribution is 2.11. The summed E-state index contributed by atoms with van der Waals surface area (Å²) in [5.41, 5.74) is 10.8. The first kappa shape index (κ1) is 30.8. The topological polar surface area (TPSA) is 231 Å². The molecule has 0 aromatic carbocycles. The second-order valence-electron chi connectivity index (χ2n) is 8.55. The Bertz CT molecular complexity index is 757. The molecule has 0 bridgehead atoms. The third-order valence-electron chi connectivity index (χ3n) is 5.34. The SMILES string of the molecule is CCC(C)C(NC(=O)C(N)CCC(=O)O)C(=O)NC(C(=O)NC(CCC(N)=O)C(=O)O)C(C)C. The van der Waals surface area contributed by atoms with Gasteiger partial charge in [0, 0.05) is 12.8 Å². The van der Waals surface area contributed by atoms with Crippen LogP contribution < -0.4 is 27.4 Å². The molecule has 5 unspecified atom stereocenters. The Balaban J connectivity index is 5.45. The van der Waals surface area contributed by atoms with Crippen molar-refractivity contribution in [3.63, 3.8) is 0 Å². The number of nitrogens with one attached hydrogen (secondary N) is 3. The molecule has 0 heterocycles. The normalized spacial score (nSPS) is 15.4. The van der Waals surface area contributed by atoms with Crippen LogP contribution in [0.3, 0.4) is 0 Å². The zero-order valence-electron chi connectivity index (χ0n) is 20.0. The van der Waals surface area contributed by atoms with Crippen molar-refractivity contribution in [1.82, 2.24) is 16.0 Å². The molecular formula is C21H37N5O8. The highest BCUT2D eigenvalue weighted by atomic mass is 16.4. The molecular weight excluding hydrogens is 450 g/mol. The largest absolute Gasteiger partial charge is 0.481 e. The van der Waals surface area contributed by atoms with Crippen molar-refractivity contribution in [3.05, 3.63) is 0 Å². The average molecular weight is 488 g/mol. The summed E-state index contributed by atoms with van der Waals surface area (Å²) in [6, 6.07) is -4.71. The minimum absolute atomic E-state index is 0.116. The maximum atomic E-state index is 13.0. The summed E-state index contributed by atoms with van der Waals surface area (Å²) in [5.74, 6) is -6.13. The lowest BCUT2D eigenvalue weighted by Gasteiger charge is -2.29. The van der Waals surface area contributed by atoms with E-state index < -0.39 is 65.7 Å². The molecule has 0 aromatic rings. The summed E-state index contributed by atoms with van der Waals surface area (Å²) in [6.07, 6.45) is -0.398. The second kappa shape index (κ2) is 14.8. The number of amides is 4. The van der Waals surface area contributed by atoms with Crippen LogP contribution in [0.1, 0.15) is 59.8 Å². The van der Waals surface area contributed by atoms with Crippen LogP contribution in [0.15, 0.2) is 0 Å². The van der Waals surface area contributed by atoms with Crippen LogP contribution in [0.4, 0.5) is 0 Å². The van der Waals surface area contributed by atoms with Gasteiger partial charge in [-0.2, -0.15) is 0 Å². The molecule has 5 atom stereocenters. The summed E-state index contributed by atoms with van der Waals surface area (Å²) >= 11 is 0. The van der Waals surface area contributed by atoms with Gasteiger partial charge in [-0.15, -0.1) is 0 Å². The van der Waals surface area contributed by atoms with Gasteiger partial charge in [0.15, 0.2) is 0 Å². The smallest absolute Gasteiger partial charge is 0.326 e. The number of aliphatic carboxylic acids is 2. The van der Waals surface area contributed by atoms with Crippen molar-refractivity contribution in [1.29, 1.82) is 0 Å². The number of carboxylic acids is 2. The average Bonchev–Trinajstić information content (AvgIpc) is 2.74. The van der Waals surface area contributed by atoms with Crippen LogP contribution in [-0.4, -0.2) is 69.9 Å². The van der Waals surface area contributed by atoms with Crippen molar-refractivity contribution >= 4 is 35.6 Å². The molecule has 0 radical (unpaired) electrons. The van der Waals surface area contributed by atoms with Crippen LogP contribution in [0.5, 0.6) is 0 Å². The van der Waals surface area contributed by atoms with Gasteiger partial charge in [0.1, 0.15) is 18.1 Å². The van der Waals surface area contributed by atoms with E-state index in [1.165, 1.54) is 0 Å². The zero-order valence-corrected chi connectivity index (χ0v) is 20.0. The van der Waals surface area contributed by atoms with Gasteiger partial charge in [-0.3, -0.25) is 24.0 Å². The van der Waals surface area contributed by atoms with E-state index in [0.29, 0.717) is 6.42 Å². The van der Waals surface area contributed by atoms with Gasteiger partial charge in [0.25, 0.3) is 0 Å². The fraction of sp³-hybridized carbons (Fsp3) is 0.714. The summed E-state index contributed by atoms with van der Waals surface area (Å²) in [7, 11) is 0. The van der Waals surface area contributed by atoms with Crippen LogP contribution in [0.2, 0.25) is 0 Å². The van der Waals surface area contributed by atoms with Crippen molar-refractivity contribution in [3.8, 4) is 0 Å². The summed E-state index contributed by atoms with van der Waals surface area (Å²) in [4.78, 5) is 71.3. The van der Waals surface area contributed by atoms with Gasteiger partial charge in [-0.05, 0) is 24.7 Å². The molecule has 0 fully saturated rings. The Morgan fingerprint density at radius 3 is 1.76 bits per heavy atom. The Morgan fingerprint density at radius 1 is 0.794 bits per heavy atom. The van der Waals surface area contributed by atoms with Crippen LogP contribution >= 0.6 is 0 Å². The van der Waals surface area contributed by atoms with Crippen molar-refractivity contribution < 1.29 is 39.0 Å². The van der Waals surface area contributed by atoms with Crippen molar-refractivity contribution in [2.75, 3.05) is 0 Å². The predicted molar refractivity (Wildman–Crippen MR) is 121 cm³/mol. The number of carbonyl (C=O) groups excluding carboxylic acids is 4. The third kappa shape index (κ3) is 11.1. The van der Waals surface area contributed by atoms with E-state index in [9.17, 15) is 33.9 Å². The van der Waals surface area contributed by atoms with Crippen LogP contribution in [0, 0.1) is 11.8 Å². The molecule has 13 heteroatoms. The predicted octanol–water partition coefficient (Wildman–Crippen LogP) is -1.31. The molecule has 0 rings (SSSR count). The van der Waals surface area contributed by atoms with E-state index in [1.807, 2.05) is 0 Å². The number of carboxylic acid groups (broad SMARTS) is 2. The molecule has 0 aromatic heterocycles. The van der Waals surface area contributed by atoms with E-state index >= 15 is 0 Å². The molecule has 0 spiro atoms. The first-order chi connectivity index (χ1) is 15.7. The monoisotopic (exact) mass is 487 g/mol. The van der Waals surface area contributed by atoms with Crippen molar-refractivity contribution in [2.45, 2.75) is 84.0 Å². The number of carbonyl (C=O) groups is 6. The molecule has 0 aliphatic carbocycles. The Hall–Kier alpha value is -3.22. The number of nitrogens with two attached hydrogens (primary N) is 2. The quantitative estimate of drug-likeness (QED) is 0.137. The fourth-order valence-corrected chi connectivity index (χ4v) is 2.96. The Kier molecular flexibility index (Phi) is 13.4. The van der Waals surface area contributed by atoms with Crippen LogP contribution in [-0.2, 0) is 28.8 Å². The molecule has 34 heavy (non-hydrogen) atoms. The summed E-state index contributed by atoms with van der Waals surface area (Å²) in [6.45, 7) is 6.79. The summed E-state index contributed by atoms with van der Waals surface area (Å²) < 4.78 is 0. The number of primary amides is 1. The first-order valence-electron chi connectivity index (χ1n) is 11.1. The van der Waals surface area contributed by atoms with Gasteiger partial charge in [-0.25, -0.2) is 4.79 Å². The van der Waals surface area contributed by atoms with Gasteiger partial charge in [0.2, 0.25) is 23.6 Å². The fourth-order valence-electron chi connectivity index (χ4n) is 2.96. The first-order valence-corrected chi connectivity index (χ1v) is 11.1. The number of rotatable bonds is 16.